The van der Waals surface area contributed by atoms with E-state index in [2.05, 4.69) is 25.6 Å². The Hall–Kier alpha value is -2.55. The van der Waals surface area contributed by atoms with Crippen LogP contribution in [0.1, 0.15) is 138 Å². The van der Waals surface area contributed by atoms with Gasteiger partial charge in [-0.05, 0) is 85.9 Å². The van der Waals surface area contributed by atoms with Crippen LogP contribution in [0.25, 0.3) is 0 Å². The third-order valence-corrected chi connectivity index (χ3v) is 8.82. The fourth-order valence-corrected chi connectivity index (χ4v) is 6.08. The summed E-state index contributed by atoms with van der Waals surface area (Å²) in [5, 5.41) is 0. The highest BCUT2D eigenvalue weighted by atomic mass is 16.5. The molecule has 0 unspecified atom stereocenters. The molecule has 0 amide bonds. The van der Waals surface area contributed by atoms with Crippen LogP contribution in [0.2, 0.25) is 0 Å². The van der Waals surface area contributed by atoms with E-state index >= 15 is 0 Å². The number of benzene rings is 2. The molecule has 0 spiro atoms. The van der Waals surface area contributed by atoms with Gasteiger partial charge >= 0.3 is 5.97 Å². The largest absolute Gasteiger partial charge is 0.494 e. The molecule has 41 heavy (non-hydrogen) atoms. The van der Waals surface area contributed by atoms with Gasteiger partial charge < -0.3 is 9.47 Å². The van der Waals surface area contributed by atoms with Crippen LogP contribution in [-0.2, 0) is 6.42 Å². The third-order valence-electron chi connectivity index (χ3n) is 8.82. The van der Waals surface area contributed by atoms with Crippen molar-refractivity contribution < 1.29 is 14.3 Å². The van der Waals surface area contributed by atoms with E-state index in [9.17, 15) is 4.79 Å². The lowest BCUT2D eigenvalue weighted by atomic mass is 9.78. The number of carbonyl (C=O) groups is 1. The summed E-state index contributed by atoms with van der Waals surface area (Å²) >= 11 is 0. The van der Waals surface area contributed by atoms with Gasteiger partial charge in [0.15, 0.2) is 0 Å². The molecule has 3 rings (SSSR count). The van der Waals surface area contributed by atoms with Gasteiger partial charge in [0.05, 0.1) is 12.2 Å². The monoisotopic (exact) mass is 560 g/mol. The third kappa shape index (κ3) is 13.8. The molecule has 3 nitrogen and oxygen atoms in total. The second kappa shape index (κ2) is 20.3. The summed E-state index contributed by atoms with van der Waals surface area (Å²) in [7, 11) is 0. The summed E-state index contributed by atoms with van der Waals surface area (Å²) in [6, 6.07) is 15.4. The lowest BCUT2D eigenvalue weighted by Crippen LogP contribution is -2.15. The minimum atomic E-state index is -0.331. The zero-order valence-corrected chi connectivity index (χ0v) is 25.9. The minimum absolute atomic E-state index is 0.331. The van der Waals surface area contributed by atoms with Crippen LogP contribution in [0.3, 0.4) is 0 Å². The number of hydrogen-bond donors (Lipinski definition) is 0. The van der Waals surface area contributed by atoms with Crippen LogP contribution in [-0.4, -0.2) is 12.6 Å². The number of hydrogen-bond acceptors (Lipinski definition) is 3. The molecule has 226 valence electrons. The van der Waals surface area contributed by atoms with Crippen LogP contribution in [0, 0.1) is 11.8 Å². The summed E-state index contributed by atoms with van der Waals surface area (Å²) in [6.45, 7) is 6.77. The predicted octanol–water partition coefficient (Wildman–Crippen LogP) is 11.3. The lowest BCUT2D eigenvalue weighted by molar-refractivity contribution is 0.0734. The Morgan fingerprint density at radius 3 is 2.00 bits per heavy atom. The predicted molar refractivity (Wildman–Crippen MR) is 173 cm³/mol. The average molecular weight is 561 g/mol. The SMILES string of the molecule is C=CCCCCCCCCOc1ccc(C(=O)Oc2ccc(CC[C@H]3CC[C@H](CCCCCCC)CC3)cc2)cc1. The van der Waals surface area contributed by atoms with Crippen molar-refractivity contribution in [1.29, 1.82) is 0 Å². The van der Waals surface area contributed by atoms with Gasteiger partial charge in [-0.25, -0.2) is 4.79 Å². The first-order valence-corrected chi connectivity index (χ1v) is 16.8. The first-order valence-electron chi connectivity index (χ1n) is 16.8. The van der Waals surface area contributed by atoms with Crippen LogP contribution < -0.4 is 9.47 Å². The van der Waals surface area contributed by atoms with Gasteiger partial charge in [-0.3, -0.25) is 0 Å². The van der Waals surface area contributed by atoms with Gasteiger partial charge in [-0.2, -0.15) is 0 Å². The zero-order chi connectivity index (χ0) is 29.0. The maximum absolute atomic E-state index is 12.6. The van der Waals surface area contributed by atoms with Gasteiger partial charge in [0, 0.05) is 0 Å². The van der Waals surface area contributed by atoms with E-state index in [0.29, 0.717) is 17.9 Å². The second-order valence-electron chi connectivity index (χ2n) is 12.2. The van der Waals surface area contributed by atoms with Gasteiger partial charge in [0.25, 0.3) is 0 Å². The molecule has 1 saturated carbocycles. The number of aryl methyl sites for hydroxylation is 1. The highest BCUT2D eigenvalue weighted by molar-refractivity contribution is 5.91. The molecule has 0 aromatic heterocycles. The Balaban J connectivity index is 1.27. The van der Waals surface area contributed by atoms with E-state index in [0.717, 1.165) is 36.8 Å². The van der Waals surface area contributed by atoms with Crippen molar-refractivity contribution in [2.24, 2.45) is 11.8 Å². The van der Waals surface area contributed by atoms with Gasteiger partial charge in [-0.1, -0.05) is 115 Å². The molecule has 0 N–H and O–H groups in total. The Morgan fingerprint density at radius 2 is 1.32 bits per heavy atom. The molecule has 0 saturated heterocycles. The van der Waals surface area contributed by atoms with Crippen molar-refractivity contribution in [3.05, 3.63) is 72.3 Å². The molecule has 2 aromatic rings. The van der Waals surface area contributed by atoms with E-state index in [1.54, 1.807) is 12.1 Å². The standard InChI is InChI=1S/C38H56O3/c1-3-5-7-9-10-11-13-15-31-40-36-29-25-35(26-30-36)38(39)41-37-27-23-34(24-28-37)22-21-33-19-17-32(18-20-33)16-14-12-8-6-4-2/h3,23-30,32-33H,1,4-22,31H2,2H3/t32-,33-. The number of allylic oxidation sites excluding steroid dienone is 1. The maximum atomic E-state index is 12.6. The number of esters is 1. The molecule has 1 aliphatic rings. The van der Waals surface area contributed by atoms with E-state index < -0.39 is 0 Å². The van der Waals surface area contributed by atoms with Gasteiger partial charge in [0.2, 0.25) is 0 Å². The number of carbonyl (C=O) groups excluding carboxylic acids is 1. The number of ether oxygens (including phenoxy) is 2. The Morgan fingerprint density at radius 1 is 0.732 bits per heavy atom. The normalized spacial score (nSPS) is 16.8. The van der Waals surface area contributed by atoms with Crippen LogP contribution in [0.15, 0.2) is 61.2 Å². The maximum Gasteiger partial charge on any atom is 0.343 e. The van der Waals surface area contributed by atoms with E-state index in [4.69, 9.17) is 9.47 Å². The highest BCUT2D eigenvalue weighted by Gasteiger charge is 2.20. The summed E-state index contributed by atoms with van der Waals surface area (Å²) in [5.74, 6) is 2.91. The smallest absolute Gasteiger partial charge is 0.343 e. The number of rotatable bonds is 21. The molecule has 1 fully saturated rings. The average Bonchev–Trinajstić information content (AvgIpc) is 3.00. The lowest BCUT2D eigenvalue weighted by Gasteiger charge is -2.28. The Kier molecular flexibility index (Phi) is 16.4. The fraction of sp³-hybridized carbons (Fsp3) is 0.605. The van der Waals surface area contributed by atoms with Crippen molar-refractivity contribution in [1.82, 2.24) is 0 Å². The van der Waals surface area contributed by atoms with Crippen molar-refractivity contribution in [3.63, 3.8) is 0 Å². The zero-order valence-electron chi connectivity index (χ0n) is 25.9. The summed E-state index contributed by atoms with van der Waals surface area (Å²) in [6.07, 6.45) is 27.0. The molecule has 0 atom stereocenters. The summed E-state index contributed by atoms with van der Waals surface area (Å²) < 4.78 is 11.5. The van der Waals surface area contributed by atoms with E-state index in [1.807, 2.05) is 30.3 Å². The molecular formula is C38H56O3. The first kappa shape index (κ1) is 33.0. The van der Waals surface area contributed by atoms with Crippen LogP contribution in [0.4, 0.5) is 0 Å². The quantitative estimate of drug-likeness (QED) is 0.0659. The van der Waals surface area contributed by atoms with Crippen molar-refractivity contribution in [2.45, 2.75) is 129 Å². The molecular weight excluding hydrogens is 504 g/mol. The van der Waals surface area contributed by atoms with Crippen molar-refractivity contribution in [2.75, 3.05) is 6.61 Å². The van der Waals surface area contributed by atoms with E-state index in [-0.39, 0.29) is 5.97 Å². The van der Waals surface area contributed by atoms with E-state index in [1.165, 1.54) is 108 Å². The molecule has 3 heteroatoms. The topological polar surface area (TPSA) is 35.5 Å². The fourth-order valence-electron chi connectivity index (χ4n) is 6.08. The second-order valence-corrected chi connectivity index (χ2v) is 12.2. The van der Waals surface area contributed by atoms with Crippen LogP contribution >= 0.6 is 0 Å². The van der Waals surface area contributed by atoms with Gasteiger partial charge in [-0.15, -0.1) is 6.58 Å². The molecule has 0 radical (unpaired) electrons. The number of unbranched alkanes of at least 4 members (excludes halogenated alkanes) is 10. The molecule has 0 aliphatic heterocycles. The Bertz CT molecular complexity index is 954. The highest BCUT2D eigenvalue weighted by Crippen LogP contribution is 2.34. The molecule has 2 aromatic carbocycles. The molecule has 0 bridgehead atoms. The van der Waals surface area contributed by atoms with Crippen molar-refractivity contribution >= 4 is 5.97 Å². The molecule has 1 aliphatic carbocycles. The van der Waals surface area contributed by atoms with Crippen LogP contribution in [0.5, 0.6) is 11.5 Å². The van der Waals surface area contributed by atoms with Crippen molar-refractivity contribution in [3.8, 4) is 11.5 Å². The Labute approximate surface area is 251 Å². The summed E-state index contributed by atoms with van der Waals surface area (Å²) in [4.78, 5) is 12.6. The first-order chi connectivity index (χ1) is 20.2. The molecule has 0 heterocycles. The summed E-state index contributed by atoms with van der Waals surface area (Å²) in [5.41, 5.74) is 1.87. The minimum Gasteiger partial charge on any atom is -0.494 e. The van der Waals surface area contributed by atoms with Gasteiger partial charge in [0.1, 0.15) is 11.5 Å².